The largest absolute Gasteiger partial charge is 0.321 e. The summed E-state index contributed by atoms with van der Waals surface area (Å²) in [5.41, 5.74) is 1.42. The Bertz CT molecular complexity index is 606. The van der Waals surface area contributed by atoms with Crippen molar-refractivity contribution in [3.8, 4) is 0 Å². The van der Waals surface area contributed by atoms with Gasteiger partial charge < -0.3 is 9.05 Å². The summed E-state index contributed by atoms with van der Waals surface area (Å²) in [6.07, 6.45) is 0. The molecule has 1 aromatic rings. The predicted octanol–water partition coefficient (Wildman–Crippen LogP) is 5.50. The summed E-state index contributed by atoms with van der Waals surface area (Å²) < 4.78 is 40.0. The molecule has 0 spiro atoms. The highest BCUT2D eigenvalue weighted by atomic mass is 32.2. The lowest BCUT2D eigenvalue weighted by Crippen LogP contribution is -2.29. The maximum atomic E-state index is 13.5. The molecule has 0 N–H and O–H groups in total. The first-order chi connectivity index (χ1) is 11.7. The van der Waals surface area contributed by atoms with Crippen molar-refractivity contribution in [2.24, 2.45) is 0 Å². The maximum absolute atomic E-state index is 13.5. The van der Waals surface area contributed by atoms with E-state index in [0.29, 0.717) is 18.1 Å². The summed E-state index contributed by atoms with van der Waals surface area (Å²) in [5, 5.41) is 0. The van der Waals surface area contributed by atoms with Crippen molar-refractivity contribution in [2.75, 3.05) is 13.2 Å². The second-order valence-corrected chi connectivity index (χ2v) is 13.4. The van der Waals surface area contributed by atoms with Gasteiger partial charge in [0.25, 0.3) is 18.5 Å². The predicted molar refractivity (Wildman–Crippen MR) is 108 cm³/mol. The molecule has 0 saturated carbocycles. The van der Waals surface area contributed by atoms with Crippen LogP contribution in [-0.4, -0.2) is 36.8 Å². The highest BCUT2D eigenvalue weighted by Gasteiger charge is 2.42. The van der Waals surface area contributed by atoms with E-state index >= 15 is 0 Å². The highest BCUT2D eigenvalue weighted by Crippen LogP contribution is 2.64. The number of hydrogen-bond acceptors (Lipinski definition) is 4. The van der Waals surface area contributed by atoms with E-state index < -0.39 is 26.6 Å². The topological polar surface area (TPSA) is 55.8 Å². The van der Waals surface area contributed by atoms with Crippen molar-refractivity contribution in [1.82, 2.24) is 3.85 Å². The molecule has 0 bridgehead atoms. The second kappa shape index (κ2) is 10.3. The quantitative estimate of drug-likeness (QED) is 0.481. The Morgan fingerprint density at radius 1 is 0.960 bits per heavy atom. The van der Waals surface area contributed by atoms with Crippen LogP contribution in [0.4, 0.5) is 0 Å². The average molecular weight is 407 g/mol. The summed E-state index contributed by atoms with van der Waals surface area (Å²) in [6, 6.07) is 6.97. The summed E-state index contributed by atoms with van der Waals surface area (Å²) in [6.45, 7) is 14.7. The molecule has 144 valence electrons. The summed E-state index contributed by atoms with van der Waals surface area (Å²) in [4.78, 5) is 0.291. The van der Waals surface area contributed by atoms with Crippen LogP contribution in [0.15, 0.2) is 29.2 Å². The van der Waals surface area contributed by atoms with Gasteiger partial charge in [0.2, 0.25) is 0 Å². The molecule has 1 rings (SSSR count). The third-order valence-electron chi connectivity index (χ3n) is 3.41. The van der Waals surface area contributed by atoms with Crippen molar-refractivity contribution in [3.63, 3.8) is 0 Å². The molecule has 0 aliphatic carbocycles. The van der Waals surface area contributed by atoms with Crippen LogP contribution in [-0.2, 0) is 19.1 Å². The monoisotopic (exact) mass is 407 g/mol. The van der Waals surface area contributed by atoms with E-state index in [2.05, 4.69) is 27.7 Å². The van der Waals surface area contributed by atoms with E-state index in [-0.39, 0.29) is 11.3 Å². The number of nitrogens with zero attached hydrogens (tertiary/aromatic N) is 1. The van der Waals surface area contributed by atoms with Gasteiger partial charge in [0.15, 0.2) is 0 Å². The van der Waals surface area contributed by atoms with E-state index in [1.165, 1.54) is 0 Å². The first-order valence-electron chi connectivity index (χ1n) is 8.62. The highest BCUT2D eigenvalue weighted by molar-refractivity contribution is 8.00. The van der Waals surface area contributed by atoms with E-state index in [9.17, 15) is 8.42 Å². The van der Waals surface area contributed by atoms with Crippen molar-refractivity contribution in [3.05, 3.63) is 29.8 Å². The zero-order chi connectivity index (χ0) is 19.2. The molecule has 5 nitrogen and oxygen atoms in total. The number of rotatable bonds is 10. The maximum Gasteiger partial charge on any atom is 0.277 e. The molecule has 0 amide bonds. The molecule has 0 heterocycles. The summed E-state index contributed by atoms with van der Waals surface area (Å²) in [7, 11) is -6.38. The first-order valence-corrected chi connectivity index (χ1v) is 12.6. The van der Waals surface area contributed by atoms with Crippen LogP contribution in [0.3, 0.4) is 0 Å². The molecule has 0 aromatic heterocycles. The van der Waals surface area contributed by atoms with Crippen molar-refractivity contribution in [1.29, 1.82) is 0 Å². The fourth-order valence-corrected chi connectivity index (χ4v) is 11.7. The Balaban J connectivity index is 3.49. The lowest BCUT2D eigenvalue weighted by molar-refractivity contribution is 0.256. The van der Waals surface area contributed by atoms with Gasteiger partial charge in [-0.2, -0.15) is 0 Å². The molecule has 0 saturated heterocycles. The molecule has 25 heavy (non-hydrogen) atoms. The Labute approximate surface area is 155 Å². The van der Waals surface area contributed by atoms with Gasteiger partial charge in [-0.3, -0.25) is 0 Å². The van der Waals surface area contributed by atoms with Gasteiger partial charge >= 0.3 is 0 Å². The molecule has 0 unspecified atom stereocenters. The van der Waals surface area contributed by atoms with Gasteiger partial charge in [-0.05, 0) is 52.3 Å². The molecule has 0 aliphatic rings. The number of benzene rings is 1. The number of hydrogen-bond donors (Lipinski definition) is 0. The molecule has 8 heteroatoms. The van der Waals surface area contributed by atoms with Crippen LogP contribution in [0.1, 0.15) is 47.1 Å². The Morgan fingerprint density at radius 3 is 1.76 bits per heavy atom. The van der Waals surface area contributed by atoms with Crippen molar-refractivity contribution >= 4 is 26.6 Å². The number of aryl methyl sites for hydroxylation is 1. The molecular weight excluding hydrogens is 376 g/mol. The molecule has 0 fully saturated rings. The zero-order valence-corrected chi connectivity index (χ0v) is 18.9. The van der Waals surface area contributed by atoms with Gasteiger partial charge in [-0.25, -0.2) is 8.42 Å². The van der Waals surface area contributed by atoms with E-state index in [1.54, 1.807) is 16.0 Å². The molecule has 0 aliphatic heterocycles. The molecular formula is C17H31NO4P2S. The first kappa shape index (κ1) is 23.0. The lowest BCUT2D eigenvalue weighted by atomic mass is 10.2. The van der Waals surface area contributed by atoms with Crippen molar-refractivity contribution in [2.45, 2.75) is 64.7 Å². The minimum Gasteiger partial charge on any atom is -0.321 e. The fraction of sp³-hybridized carbons (Fsp3) is 0.647. The van der Waals surface area contributed by atoms with Crippen LogP contribution in [0.25, 0.3) is 0 Å². The van der Waals surface area contributed by atoms with Crippen LogP contribution in [0.5, 0.6) is 0 Å². The minimum atomic E-state index is -3.71. The van der Waals surface area contributed by atoms with Gasteiger partial charge in [0.05, 0.1) is 18.1 Å². The zero-order valence-electron chi connectivity index (χ0n) is 16.3. The van der Waals surface area contributed by atoms with E-state index in [1.807, 2.05) is 32.9 Å². The summed E-state index contributed by atoms with van der Waals surface area (Å²) in [5.74, 6) is 0. The van der Waals surface area contributed by atoms with Gasteiger partial charge in [-0.15, -0.1) is 3.85 Å². The van der Waals surface area contributed by atoms with Gasteiger partial charge in [-0.1, -0.05) is 45.4 Å². The number of sulfonamides is 1. The standard InChI is InChI=1S/C17H31NO4P2S/c1-8-21-24(22-9-2)18(23(14(3)4)15(5)6)25(19,20)17-12-10-16(7)11-13-17/h10-15H,8-9H2,1-7H3. The van der Waals surface area contributed by atoms with Crippen LogP contribution < -0.4 is 0 Å². The average Bonchev–Trinajstić information content (AvgIpc) is 2.51. The lowest BCUT2D eigenvalue weighted by Gasteiger charge is -2.38. The van der Waals surface area contributed by atoms with Crippen LogP contribution in [0, 0.1) is 6.92 Å². The third kappa shape index (κ3) is 5.95. The van der Waals surface area contributed by atoms with Crippen LogP contribution >= 0.6 is 16.6 Å². The Morgan fingerprint density at radius 2 is 1.40 bits per heavy atom. The second-order valence-electron chi connectivity index (χ2n) is 6.18. The van der Waals surface area contributed by atoms with Crippen LogP contribution in [0.2, 0.25) is 0 Å². The van der Waals surface area contributed by atoms with Crippen molar-refractivity contribution < 1.29 is 17.5 Å². The SMILES string of the molecule is CCOP(OCC)N(P(C(C)C)C(C)C)S(=O)(=O)c1ccc(C)cc1. The molecule has 1 aromatic carbocycles. The third-order valence-corrected chi connectivity index (χ3v) is 11.8. The minimum absolute atomic E-state index is 0.195. The summed E-state index contributed by atoms with van der Waals surface area (Å²) >= 11 is 0. The van der Waals surface area contributed by atoms with Gasteiger partial charge in [0, 0.05) is 0 Å². The van der Waals surface area contributed by atoms with E-state index in [4.69, 9.17) is 9.05 Å². The molecule has 0 radical (unpaired) electrons. The normalized spacial score (nSPS) is 13.0. The fourth-order valence-electron chi connectivity index (χ4n) is 2.45. The Hall–Kier alpha value is -0.0900. The van der Waals surface area contributed by atoms with E-state index in [0.717, 1.165) is 5.56 Å². The van der Waals surface area contributed by atoms with Gasteiger partial charge in [0.1, 0.15) is 0 Å². The smallest absolute Gasteiger partial charge is 0.277 e. The Kier molecular flexibility index (Phi) is 9.45. The molecule has 0 atom stereocenters.